The number of aliphatic hydroxyl groups is 1. The summed E-state index contributed by atoms with van der Waals surface area (Å²) in [4.78, 5) is 27.5. The summed E-state index contributed by atoms with van der Waals surface area (Å²) < 4.78 is 12.6. The zero-order valence-electron chi connectivity index (χ0n) is 13.6. The molecular formula is C16H23BrN2O5. The van der Waals surface area contributed by atoms with Gasteiger partial charge in [0.25, 0.3) is 5.56 Å². The van der Waals surface area contributed by atoms with Crippen LogP contribution < -0.4 is 11.2 Å². The van der Waals surface area contributed by atoms with E-state index in [2.05, 4.69) is 27.8 Å². The Hall–Kier alpha value is -1.22. The first-order valence-corrected chi connectivity index (χ1v) is 9.01. The Kier molecular flexibility index (Phi) is 7.41. The summed E-state index contributed by atoms with van der Waals surface area (Å²) in [5.41, 5.74) is -0.710. The van der Waals surface area contributed by atoms with E-state index < -0.39 is 29.7 Å². The van der Waals surface area contributed by atoms with Crippen LogP contribution in [0, 0.1) is 0 Å². The van der Waals surface area contributed by atoms with Crippen LogP contribution in [0.2, 0.25) is 0 Å². The quantitative estimate of drug-likeness (QED) is 0.646. The number of unbranched alkanes of at least 4 members (excludes halogenated alkanes) is 2. The van der Waals surface area contributed by atoms with E-state index in [0.29, 0.717) is 12.2 Å². The van der Waals surface area contributed by atoms with Crippen molar-refractivity contribution in [1.29, 1.82) is 0 Å². The number of aromatic amines is 1. The number of hydrogen-bond donors (Lipinski definition) is 2. The molecular weight excluding hydrogens is 380 g/mol. The van der Waals surface area contributed by atoms with Crippen molar-refractivity contribution in [2.24, 2.45) is 0 Å². The van der Waals surface area contributed by atoms with Crippen LogP contribution in [0.15, 0.2) is 20.8 Å². The molecule has 0 saturated carbocycles. The second kappa shape index (κ2) is 9.31. The summed E-state index contributed by atoms with van der Waals surface area (Å²) >= 11 is 3.10. The molecule has 24 heavy (non-hydrogen) atoms. The number of H-pyrrole nitrogens is 1. The molecule has 2 N–H and O–H groups in total. The van der Waals surface area contributed by atoms with Crippen LogP contribution in [0.1, 0.15) is 44.4 Å². The molecule has 0 bridgehead atoms. The molecule has 1 aromatic heterocycles. The van der Waals surface area contributed by atoms with E-state index >= 15 is 0 Å². The monoisotopic (exact) mass is 402 g/mol. The SMILES string of the molecule is CCCCCOC[C@@H]1O[C@H](n2cc(/C=C/Br)c(=O)[nH]c2=O)CC1O. The van der Waals surface area contributed by atoms with Crippen molar-refractivity contribution in [2.75, 3.05) is 13.2 Å². The average molecular weight is 403 g/mol. The highest BCUT2D eigenvalue weighted by Gasteiger charge is 2.35. The third kappa shape index (κ3) is 4.89. The Balaban J connectivity index is 2.02. The molecule has 0 spiro atoms. The fourth-order valence-corrected chi connectivity index (χ4v) is 2.88. The van der Waals surface area contributed by atoms with E-state index in [1.165, 1.54) is 21.8 Å². The minimum Gasteiger partial charge on any atom is -0.390 e. The van der Waals surface area contributed by atoms with Gasteiger partial charge in [0.2, 0.25) is 0 Å². The van der Waals surface area contributed by atoms with Crippen LogP contribution in [0.5, 0.6) is 0 Å². The number of halogens is 1. The molecule has 0 aliphatic carbocycles. The van der Waals surface area contributed by atoms with Crippen LogP contribution in [-0.2, 0) is 9.47 Å². The fraction of sp³-hybridized carbons (Fsp3) is 0.625. The van der Waals surface area contributed by atoms with E-state index in [1.807, 2.05) is 0 Å². The second-order valence-corrected chi connectivity index (χ2v) is 6.29. The normalized spacial score (nSPS) is 24.0. The number of ether oxygens (including phenoxy) is 2. The molecule has 0 radical (unpaired) electrons. The van der Waals surface area contributed by atoms with Crippen molar-refractivity contribution in [1.82, 2.24) is 9.55 Å². The van der Waals surface area contributed by atoms with Crippen molar-refractivity contribution < 1.29 is 14.6 Å². The van der Waals surface area contributed by atoms with Crippen LogP contribution in [-0.4, -0.2) is 40.1 Å². The summed E-state index contributed by atoms with van der Waals surface area (Å²) in [5, 5.41) is 10.1. The fourth-order valence-electron chi connectivity index (χ4n) is 2.59. The molecule has 2 heterocycles. The third-order valence-corrected chi connectivity index (χ3v) is 4.19. The van der Waals surface area contributed by atoms with Gasteiger partial charge in [-0.15, -0.1) is 0 Å². The molecule has 2 rings (SSSR count). The summed E-state index contributed by atoms with van der Waals surface area (Å²) in [5.74, 6) is 0. The molecule has 0 aromatic carbocycles. The molecule has 3 atom stereocenters. The van der Waals surface area contributed by atoms with Gasteiger partial charge in [0.05, 0.1) is 18.3 Å². The van der Waals surface area contributed by atoms with Crippen molar-refractivity contribution >= 4 is 22.0 Å². The van der Waals surface area contributed by atoms with Gasteiger partial charge in [-0.25, -0.2) is 4.79 Å². The molecule has 1 aliphatic rings. The van der Waals surface area contributed by atoms with Crippen molar-refractivity contribution in [3.8, 4) is 0 Å². The summed E-state index contributed by atoms with van der Waals surface area (Å²) in [6.07, 6.45) is 4.62. The van der Waals surface area contributed by atoms with E-state index in [-0.39, 0.29) is 13.0 Å². The lowest BCUT2D eigenvalue weighted by Crippen LogP contribution is -2.33. The van der Waals surface area contributed by atoms with Crippen molar-refractivity contribution in [2.45, 2.75) is 51.0 Å². The van der Waals surface area contributed by atoms with Gasteiger partial charge >= 0.3 is 5.69 Å². The van der Waals surface area contributed by atoms with Crippen LogP contribution in [0.4, 0.5) is 0 Å². The highest BCUT2D eigenvalue weighted by molar-refractivity contribution is 9.11. The number of rotatable bonds is 8. The first-order chi connectivity index (χ1) is 11.6. The summed E-state index contributed by atoms with van der Waals surface area (Å²) in [6.45, 7) is 3.03. The molecule has 134 valence electrons. The lowest BCUT2D eigenvalue weighted by Gasteiger charge is -2.16. The predicted octanol–water partition coefficient (Wildman–Crippen LogP) is 1.76. The van der Waals surface area contributed by atoms with E-state index in [4.69, 9.17) is 9.47 Å². The van der Waals surface area contributed by atoms with Crippen LogP contribution >= 0.6 is 15.9 Å². The topological polar surface area (TPSA) is 93.5 Å². The maximum Gasteiger partial charge on any atom is 0.330 e. The zero-order valence-corrected chi connectivity index (χ0v) is 15.2. The maximum absolute atomic E-state index is 12.0. The first-order valence-electron chi connectivity index (χ1n) is 8.10. The molecule has 1 saturated heterocycles. The van der Waals surface area contributed by atoms with E-state index in [0.717, 1.165) is 19.3 Å². The third-order valence-electron chi connectivity index (χ3n) is 3.93. The molecule has 1 unspecified atom stereocenters. The first kappa shape index (κ1) is 19.1. The standard InChI is InChI=1S/C16H23BrN2O5/c1-2-3-4-7-23-10-13-12(20)8-14(24-13)19-9-11(5-6-17)15(21)18-16(19)22/h5-6,9,12-14,20H,2-4,7-8,10H2,1H3,(H,18,21,22)/b6-5+/t12?,13-,14-/m0/s1. The van der Waals surface area contributed by atoms with Gasteiger partial charge in [0.15, 0.2) is 0 Å². The smallest absolute Gasteiger partial charge is 0.330 e. The number of aliphatic hydroxyl groups excluding tert-OH is 1. The number of hydrogen-bond acceptors (Lipinski definition) is 5. The van der Waals surface area contributed by atoms with Gasteiger partial charge in [0.1, 0.15) is 12.3 Å². The lowest BCUT2D eigenvalue weighted by atomic mass is 10.2. The molecule has 0 amide bonds. The number of nitrogens with zero attached hydrogens (tertiary/aromatic N) is 1. The summed E-state index contributed by atoms with van der Waals surface area (Å²) in [6, 6.07) is 0. The van der Waals surface area contributed by atoms with Crippen molar-refractivity contribution in [3.63, 3.8) is 0 Å². The molecule has 1 aromatic rings. The van der Waals surface area contributed by atoms with Gasteiger partial charge < -0.3 is 14.6 Å². The summed E-state index contributed by atoms with van der Waals surface area (Å²) in [7, 11) is 0. The van der Waals surface area contributed by atoms with Gasteiger partial charge in [-0.3, -0.25) is 14.3 Å². The highest BCUT2D eigenvalue weighted by Crippen LogP contribution is 2.27. The molecule has 1 fully saturated rings. The lowest BCUT2D eigenvalue weighted by molar-refractivity contribution is -0.0638. The average Bonchev–Trinajstić information content (AvgIpc) is 2.91. The van der Waals surface area contributed by atoms with Gasteiger partial charge in [-0.05, 0) is 17.5 Å². The van der Waals surface area contributed by atoms with Crippen molar-refractivity contribution in [3.05, 3.63) is 37.6 Å². The Morgan fingerprint density at radius 2 is 2.29 bits per heavy atom. The number of nitrogens with one attached hydrogen (secondary N) is 1. The second-order valence-electron chi connectivity index (χ2n) is 5.76. The zero-order chi connectivity index (χ0) is 17.5. The minimum atomic E-state index is -0.713. The Labute approximate surface area is 148 Å². The molecule has 8 heteroatoms. The minimum absolute atomic E-state index is 0.270. The molecule has 7 nitrogen and oxygen atoms in total. The van der Waals surface area contributed by atoms with Crippen LogP contribution in [0.25, 0.3) is 6.08 Å². The molecule has 1 aliphatic heterocycles. The van der Waals surface area contributed by atoms with E-state index in [9.17, 15) is 14.7 Å². The Bertz CT molecular complexity index is 669. The highest BCUT2D eigenvalue weighted by atomic mass is 79.9. The van der Waals surface area contributed by atoms with Crippen LogP contribution in [0.3, 0.4) is 0 Å². The van der Waals surface area contributed by atoms with Gasteiger partial charge in [-0.1, -0.05) is 35.7 Å². The largest absolute Gasteiger partial charge is 0.390 e. The van der Waals surface area contributed by atoms with Gasteiger partial charge in [-0.2, -0.15) is 0 Å². The maximum atomic E-state index is 12.0. The Morgan fingerprint density at radius 1 is 1.50 bits per heavy atom. The van der Waals surface area contributed by atoms with E-state index in [1.54, 1.807) is 0 Å². The predicted molar refractivity (Wildman–Crippen MR) is 94.2 cm³/mol. The van der Waals surface area contributed by atoms with Gasteiger partial charge in [0, 0.05) is 19.2 Å². The number of aromatic nitrogens is 2. The Morgan fingerprint density at radius 3 is 3.00 bits per heavy atom.